The Balaban J connectivity index is 2.27. The van der Waals surface area contributed by atoms with E-state index in [9.17, 15) is 9.18 Å². The molecule has 0 bridgehead atoms. The van der Waals surface area contributed by atoms with Crippen LogP contribution in [0.4, 0.5) is 9.52 Å². The summed E-state index contributed by atoms with van der Waals surface area (Å²) >= 11 is 4.53. The van der Waals surface area contributed by atoms with Gasteiger partial charge in [-0.3, -0.25) is 10.1 Å². The molecule has 6 heteroatoms. The van der Waals surface area contributed by atoms with E-state index in [0.29, 0.717) is 9.60 Å². The van der Waals surface area contributed by atoms with Gasteiger partial charge in [-0.15, -0.1) is 11.3 Å². The first-order valence-corrected chi connectivity index (χ1v) is 6.79. The van der Waals surface area contributed by atoms with E-state index in [0.717, 1.165) is 10.6 Å². The molecule has 0 aliphatic heterocycles. The molecule has 0 aliphatic carbocycles. The summed E-state index contributed by atoms with van der Waals surface area (Å²) < 4.78 is 14.0. The Kier molecular flexibility index (Phi) is 3.77. The second-order valence-corrected chi connectivity index (χ2v) is 5.77. The van der Waals surface area contributed by atoms with Crippen LogP contribution in [0.2, 0.25) is 0 Å². The van der Waals surface area contributed by atoms with Gasteiger partial charge >= 0.3 is 0 Å². The van der Waals surface area contributed by atoms with E-state index in [2.05, 4.69) is 26.2 Å². The number of hydrogen-bond acceptors (Lipinski definition) is 3. The average Bonchev–Trinajstić information content (AvgIpc) is 2.57. The third-order valence-corrected chi connectivity index (χ3v) is 4.09. The van der Waals surface area contributed by atoms with E-state index in [1.54, 1.807) is 6.07 Å². The molecule has 3 nitrogen and oxygen atoms in total. The van der Waals surface area contributed by atoms with Crippen LogP contribution in [0.25, 0.3) is 0 Å². The number of nitrogens with zero attached hydrogens (tertiary/aromatic N) is 1. The minimum Gasteiger partial charge on any atom is -0.298 e. The summed E-state index contributed by atoms with van der Waals surface area (Å²) in [5, 5.41) is 3.08. The third kappa shape index (κ3) is 2.59. The molecule has 2 aromatic rings. The zero-order valence-corrected chi connectivity index (χ0v) is 12.2. The van der Waals surface area contributed by atoms with Crippen molar-refractivity contribution in [3.63, 3.8) is 0 Å². The predicted molar refractivity (Wildman–Crippen MR) is 73.6 cm³/mol. The number of benzene rings is 1. The number of carbonyl (C=O) groups is 1. The molecule has 1 amide bonds. The number of nitrogens with one attached hydrogen (secondary N) is 1. The number of rotatable bonds is 2. The minimum absolute atomic E-state index is 0.0111. The molecule has 1 aromatic heterocycles. The molecular weight excluding hydrogens is 319 g/mol. The van der Waals surface area contributed by atoms with Crippen molar-refractivity contribution >= 4 is 38.3 Å². The summed E-state index contributed by atoms with van der Waals surface area (Å²) in [4.78, 5) is 17.2. The SMILES string of the molecule is Cc1nc(NC(=O)c2c(F)cccc2Br)sc1C. The molecule has 94 valence electrons. The van der Waals surface area contributed by atoms with Crippen LogP contribution >= 0.6 is 27.3 Å². The van der Waals surface area contributed by atoms with Gasteiger partial charge in [0.25, 0.3) is 5.91 Å². The van der Waals surface area contributed by atoms with Crippen molar-refractivity contribution in [3.05, 3.63) is 44.6 Å². The summed E-state index contributed by atoms with van der Waals surface area (Å²) in [7, 11) is 0. The number of anilines is 1. The Labute approximate surface area is 116 Å². The van der Waals surface area contributed by atoms with Crippen molar-refractivity contribution < 1.29 is 9.18 Å². The van der Waals surface area contributed by atoms with Gasteiger partial charge in [0.15, 0.2) is 5.13 Å². The lowest BCUT2D eigenvalue weighted by molar-refractivity contribution is 0.102. The number of halogens is 2. The van der Waals surface area contributed by atoms with Crippen molar-refractivity contribution in [1.82, 2.24) is 4.98 Å². The molecule has 18 heavy (non-hydrogen) atoms. The standard InChI is InChI=1S/C12H10BrFN2OS/c1-6-7(2)18-12(15-6)16-11(17)10-8(13)4-3-5-9(10)14/h3-5H,1-2H3,(H,15,16,17). The van der Waals surface area contributed by atoms with E-state index in [1.165, 1.54) is 23.5 Å². The van der Waals surface area contributed by atoms with Crippen LogP contribution in [0.15, 0.2) is 22.7 Å². The maximum absolute atomic E-state index is 13.6. The van der Waals surface area contributed by atoms with Crippen LogP contribution in [-0.4, -0.2) is 10.9 Å². The van der Waals surface area contributed by atoms with Crippen LogP contribution in [0.3, 0.4) is 0 Å². The molecule has 1 N–H and O–H groups in total. The Hall–Kier alpha value is -1.27. The fourth-order valence-electron chi connectivity index (χ4n) is 1.40. The highest BCUT2D eigenvalue weighted by molar-refractivity contribution is 9.10. The van der Waals surface area contributed by atoms with Gasteiger partial charge in [-0.2, -0.15) is 0 Å². The van der Waals surface area contributed by atoms with Gasteiger partial charge in [0.1, 0.15) is 5.82 Å². The Bertz CT molecular complexity index is 572. The molecule has 2 rings (SSSR count). The molecule has 1 heterocycles. The van der Waals surface area contributed by atoms with Crippen LogP contribution in [0, 0.1) is 19.7 Å². The topological polar surface area (TPSA) is 42.0 Å². The molecule has 0 saturated heterocycles. The molecule has 0 unspecified atom stereocenters. The second-order valence-electron chi connectivity index (χ2n) is 3.71. The average molecular weight is 329 g/mol. The van der Waals surface area contributed by atoms with Crippen molar-refractivity contribution in [3.8, 4) is 0 Å². The van der Waals surface area contributed by atoms with Crippen molar-refractivity contribution in [2.24, 2.45) is 0 Å². The quantitative estimate of drug-likeness (QED) is 0.907. The fourth-order valence-corrected chi connectivity index (χ4v) is 2.73. The second kappa shape index (κ2) is 5.16. The maximum Gasteiger partial charge on any atom is 0.261 e. The first-order chi connectivity index (χ1) is 8.49. The Morgan fingerprint density at radius 1 is 1.44 bits per heavy atom. The van der Waals surface area contributed by atoms with Gasteiger partial charge in [0.2, 0.25) is 0 Å². The first-order valence-electron chi connectivity index (χ1n) is 5.18. The van der Waals surface area contributed by atoms with Gasteiger partial charge < -0.3 is 0 Å². The highest BCUT2D eigenvalue weighted by Crippen LogP contribution is 2.24. The number of amides is 1. The number of hydrogen-bond donors (Lipinski definition) is 1. The smallest absolute Gasteiger partial charge is 0.261 e. The lowest BCUT2D eigenvalue weighted by Gasteiger charge is -2.05. The zero-order chi connectivity index (χ0) is 13.3. The van der Waals surface area contributed by atoms with Gasteiger partial charge in [-0.1, -0.05) is 6.07 Å². The van der Waals surface area contributed by atoms with E-state index in [1.807, 2.05) is 13.8 Å². The van der Waals surface area contributed by atoms with Gasteiger partial charge in [-0.25, -0.2) is 9.37 Å². The fraction of sp³-hybridized carbons (Fsp3) is 0.167. The third-order valence-electron chi connectivity index (χ3n) is 2.44. The highest BCUT2D eigenvalue weighted by atomic mass is 79.9. The van der Waals surface area contributed by atoms with E-state index in [-0.39, 0.29) is 5.56 Å². The van der Waals surface area contributed by atoms with Gasteiger partial charge in [0, 0.05) is 9.35 Å². The lowest BCUT2D eigenvalue weighted by atomic mass is 10.2. The van der Waals surface area contributed by atoms with Gasteiger partial charge in [0.05, 0.1) is 11.3 Å². The number of aromatic nitrogens is 1. The molecule has 0 saturated carbocycles. The maximum atomic E-state index is 13.6. The number of carbonyl (C=O) groups excluding carboxylic acids is 1. The molecule has 0 spiro atoms. The van der Waals surface area contributed by atoms with Crippen molar-refractivity contribution in [2.75, 3.05) is 5.32 Å². The summed E-state index contributed by atoms with van der Waals surface area (Å²) in [6.07, 6.45) is 0. The number of aryl methyl sites for hydroxylation is 2. The largest absolute Gasteiger partial charge is 0.298 e. The summed E-state index contributed by atoms with van der Waals surface area (Å²) in [5.41, 5.74) is 0.853. The van der Waals surface area contributed by atoms with Gasteiger partial charge in [-0.05, 0) is 41.9 Å². The minimum atomic E-state index is -0.563. The van der Waals surface area contributed by atoms with E-state index >= 15 is 0 Å². The monoisotopic (exact) mass is 328 g/mol. The van der Waals surface area contributed by atoms with E-state index in [4.69, 9.17) is 0 Å². The molecule has 0 atom stereocenters. The van der Waals surface area contributed by atoms with Crippen LogP contribution < -0.4 is 5.32 Å². The van der Waals surface area contributed by atoms with Crippen molar-refractivity contribution in [1.29, 1.82) is 0 Å². The van der Waals surface area contributed by atoms with Crippen LogP contribution in [-0.2, 0) is 0 Å². The van der Waals surface area contributed by atoms with Crippen LogP contribution in [0.5, 0.6) is 0 Å². The molecule has 0 aliphatic rings. The zero-order valence-electron chi connectivity index (χ0n) is 9.75. The summed E-state index contributed by atoms with van der Waals surface area (Å²) in [5.74, 6) is -1.07. The van der Waals surface area contributed by atoms with Crippen LogP contribution in [0.1, 0.15) is 20.9 Å². The normalized spacial score (nSPS) is 10.4. The Morgan fingerprint density at radius 3 is 2.72 bits per heavy atom. The molecule has 0 fully saturated rings. The number of thiazole rings is 1. The van der Waals surface area contributed by atoms with Crippen molar-refractivity contribution in [2.45, 2.75) is 13.8 Å². The summed E-state index contributed by atoms with van der Waals surface area (Å²) in [6.45, 7) is 3.78. The Morgan fingerprint density at radius 2 is 2.17 bits per heavy atom. The molecular formula is C12H10BrFN2OS. The van der Waals surface area contributed by atoms with E-state index < -0.39 is 11.7 Å². The first kappa shape index (κ1) is 13.2. The summed E-state index contributed by atoms with van der Waals surface area (Å²) in [6, 6.07) is 4.41. The predicted octanol–water partition coefficient (Wildman–Crippen LogP) is 3.91. The lowest BCUT2D eigenvalue weighted by Crippen LogP contribution is -2.14. The highest BCUT2D eigenvalue weighted by Gasteiger charge is 2.17. The molecule has 1 aromatic carbocycles. The molecule has 0 radical (unpaired) electrons.